The monoisotopic (exact) mass is 266 g/mol. The van der Waals surface area contributed by atoms with E-state index in [4.69, 9.17) is 4.74 Å². The normalized spacial score (nSPS) is 15.3. The van der Waals surface area contributed by atoms with Crippen LogP contribution in [0, 0.1) is 5.92 Å². The third-order valence-corrected chi connectivity index (χ3v) is 2.71. The third-order valence-electron chi connectivity index (χ3n) is 2.71. The lowest BCUT2D eigenvalue weighted by molar-refractivity contribution is 0.0497. The van der Waals surface area contributed by atoms with Crippen molar-refractivity contribution in [1.29, 1.82) is 0 Å². The molecular weight excluding hydrogens is 244 g/mol. The fourth-order valence-corrected chi connectivity index (χ4v) is 1.68. The first kappa shape index (κ1) is 13.9. The summed E-state index contributed by atoms with van der Waals surface area (Å²) in [6.45, 7) is 7.01. The fourth-order valence-electron chi connectivity index (χ4n) is 1.68. The lowest BCUT2D eigenvalue weighted by atomic mass is 10.2. The van der Waals surface area contributed by atoms with Gasteiger partial charge in [0.15, 0.2) is 0 Å². The van der Waals surface area contributed by atoms with E-state index in [0.29, 0.717) is 6.54 Å². The van der Waals surface area contributed by atoms with Crippen LogP contribution in [0.3, 0.4) is 0 Å². The molecule has 0 aromatic carbocycles. The van der Waals surface area contributed by atoms with Crippen molar-refractivity contribution < 1.29 is 9.53 Å². The van der Waals surface area contributed by atoms with Crippen LogP contribution < -0.4 is 10.9 Å². The zero-order chi connectivity index (χ0) is 13.9. The van der Waals surface area contributed by atoms with Crippen LogP contribution in [0.25, 0.3) is 0 Å². The maximum atomic E-state index is 11.4. The number of hydrogen-bond acceptors (Lipinski definition) is 4. The molecule has 0 aliphatic heterocycles. The molecule has 1 heterocycles. The zero-order valence-electron chi connectivity index (χ0n) is 11.8. The van der Waals surface area contributed by atoms with E-state index in [9.17, 15) is 4.79 Å². The molecule has 6 heteroatoms. The summed E-state index contributed by atoms with van der Waals surface area (Å²) in [7, 11) is 0. The third kappa shape index (κ3) is 5.30. The first-order valence-corrected chi connectivity index (χ1v) is 6.65. The number of nitrogens with one attached hydrogen (secondary N) is 2. The maximum Gasteiger partial charge on any atom is 0.422 e. The van der Waals surface area contributed by atoms with Gasteiger partial charge in [0.2, 0.25) is 0 Å². The smallest absolute Gasteiger partial charge is 0.422 e. The summed E-state index contributed by atoms with van der Waals surface area (Å²) < 4.78 is 7.07. The van der Waals surface area contributed by atoms with Crippen LogP contribution in [0.5, 0.6) is 0 Å². The molecular formula is C13H22N4O2. The summed E-state index contributed by atoms with van der Waals surface area (Å²) >= 11 is 0. The van der Waals surface area contributed by atoms with Gasteiger partial charge in [-0.25, -0.2) is 10.2 Å². The molecule has 0 saturated heterocycles. The molecule has 1 aliphatic rings. The Bertz CT molecular complexity index is 432. The van der Waals surface area contributed by atoms with Gasteiger partial charge in [0.1, 0.15) is 5.60 Å². The Labute approximate surface area is 113 Å². The van der Waals surface area contributed by atoms with Crippen molar-refractivity contribution in [2.75, 3.05) is 0 Å². The second-order valence-electron chi connectivity index (χ2n) is 5.99. The second-order valence-corrected chi connectivity index (χ2v) is 5.99. The van der Waals surface area contributed by atoms with Gasteiger partial charge in [0.05, 0.1) is 6.20 Å². The molecule has 2 rings (SSSR count). The van der Waals surface area contributed by atoms with Crippen molar-refractivity contribution in [3.05, 3.63) is 18.0 Å². The number of hydrogen-bond donors (Lipinski definition) is 2. The van der Waals surface area contributed by atoms with Gasteiger partial charge in [-0.05, 0) is 39.5 Å². The van der Waals surface area contributed by atoms with Gasteiger partial charge in [0, 0.05) is 24.8 Å². The van der Waals surface area contributed by atoms with Gasteiger partial charge in [-0.2, -0.15) is 5.10 Å². The summed E-state index contributed by atoms with van der Waals surface area (Å²) in [5.41, 5.74) is 5.88. The first-order valence-electron chi connectivity index (χ1n) is 6.65. The average molecular weight is 266 g/mol. The number of aromatic nitrogens is 2. The maximum absolute atomic E-state index is 11.4. The van der Waals surface area contributed by atoms with Crippen molar-refractivity contribution in [1.82, 2.24) is 20.6 Å². The lowest BCUT2D eigenvalue weighted by Gasteiger charge is -2.19. The van der Waals surface area contributed by atoms with Crippen molar-refractivity contribution in [3.63, 3.8) is 0 Å². The van der Waals surface area contributed by atoms with E-state index < -0.39 is 11.7 Å². The van der Waals surface area contributed by atoms with Crippen LogP contribution in [-0.2, 0) is 17.8 Å². The average Bonchev–Trinajstić information content (AvgIpc) is 2.95. The molecule has 0 atom stereocenters. The van der Waals surface area contributed by atoms with Crippen molar-refractivity contribution >= 4 is 6.09 Å². The quantitative estimate of drug-likeness (QED) is 0.798. The highest BCUT2D eigenvalue weighted by atomic mass is 16.6. The molecule has 2 N–H and O–H groups in total. The van der Waals surface area contributed by atoms with E-state index in [1.54, 1.807) is 0 Å². The van der Waals surface area contributed by atoms with Crippen molar-refractivity contribution in [2.45, 2.75) is 52.3 Å². The summed E-state index contributed by atoms with van der Waals surface area (Å²) in [5.74, 6) is 0.806. The molecule has 19 heavy (non-hydrogen) atoms. The van der Waals surface area contributed by atoms with E-state index in [-0.39, 0.29) is 0 Å². The SMILES string of the molecule is CC(C)(C)OC(=O)NNCc1cnn(CC2CC2)c1. The summed E-state index contributed by atoms with van der Waals surface area (Å²) in [6, 6.07) is 0. The molecule has 1 fully saturated rings. The minimum atomic E-state index is -0.485. The highest BCUT2D eigenvalue weighted by Gasteiger charge is 2.21. The number of rotatable bonds is 5. The van der Waals surface area contributed by atoms with Gasteiger partial charge in [-0.1, -0.05) is 0 Å². The van der Waals surface area contributed by atoms with Gasteiger partial charge >= 0.3 is 6.09 Å². The minimum absolute atomic E-state index is 0.474. The number of amides is 1. The van der Waals surface area contributed by atoms with Gasteiger partial charge in [-0.3, -0.25) is 10.1 Å². The van der Waals surface area contributed by atoms with E-state index >= 15 is 0 Å². The Kier molecular flexibility index (Phi) is 4.09. The first-order chi connectivity index (χ1) is 8.92. The number of hydrazine groups is 1. The Morgan fingerprint density at radius 2 is 2.26 bits per heavy atom. The van der Waals surface area contributed by atoms with Gasteiger partial charge in [-0.15, -0.1) is 0 Å². The van der Waals surface area contributed by atoms with Crippen LogP contribution in [0.1, 0.15) is 39.2 Å². The molecule has 0 bridgehead atoms. The predicted molar refractivity (Wildman–Crippen MR) is 71.2 cm³/mol. The van der Waals surface area contributed by atoms with E-state index in [1.807, 2.05) is 37.8 Å². The van der Waals surface area contributed by atoms with Crippen LogP contribution in [0.2, 0.25) is 0 Å². The molecule has 106 valence electrons. The second kappa shape index (κ2) is 5.61. The Balaban J connectivity index is 1.67. The molecule has 1 aromatic heterocycles. The standard InChI is InChI=1S/C13H22N4O2/c1-13(2,3)19-12(18)16-14-6-11-7-15-17(9-11)8-10-4-5-10/h7,9-10,14H,4-6,8H2,1-3H3,(H,16,18). The Morgan fingerprint density at radius 3 is 2.89 bits per heavy atom. The number of carbonyl (C=O) groups excluding carboxylic acids is 1. The molecule has 6 nitrogen and oxygen atoms in total. The van der Waals surface area contributed by atoms with Crippen molar-refractivity contribution in [2.24, 2.45) is 5.92 Å². The fraction of sp³-hybridized carbons (Fsp3) is 0.692. The molecule has 1 amide bonds. The Hall–Kier alpha value is -1.56. The number of carbonyl (C=O) groups is 1. The van der Waals surface area contributed by atoms with Crippen LogP contribution in [-0.4, -0.2) is 21.5 Å². The van der Waals surface area contributed by atoms with Crippen LogP contribution in [0.15, 0.2) is 12.4 Å². The van der Waals surface area contributed by atoms with E-state index in [0.717, 1.165) is 18.0 Å². The van der Waals surface area contributed by atoms with Crippen molar-refractivity contribution in [3.8, 4) is 0 Å². The molecule has 0 spiro atoms. The largest absolute Gasteiger partial charge is 0.443 e. The molecule has 1 saturated carbocycles. The van der Waals surface area contributed by atoms with E-state index in [2.05, 4.69) is 16.0 Å². The van der Waals surface area contributed by atoms with E-state index in [1.165, 1.54) is 12.8 Å². The summed E-state index contributed by atoms with van der Waals surface area (Å²) in [5, 5.41) is 4.29. The predicted octanol–water partition coefficient (Wildman–Crippen LogP) is 1.82. The lowest BCUT2D eigenvalue weighted by Crippen LogP contribution is -2.40. The summed E-state index contributed by atoms with van der Waals surface area (Å²) in [6.07, 6.45) is 5.97. The topological polar surface area (TPSA) is 68.2 Å². The van der Waals surface area contributed by atoms with Crippen LogP contribution >= 0.6 is 0 Å². The highest BCUT2D eigenvalue weighted by Crippen LogP contribution is 2.30. The minimum Gasteiger partial charge on any atom is -0.443 e. The van der Waals surface area contributed by atoms with Gasteiger partial charge in [0.25, 0.3) is 0 Å². The molecule has 1 aliphatic carbocycles. The number of nitrogens with zero attached hydrogens (tertiary/aromatic N) is 2. The number of ether oxygens (including phenoxy) is 1. The Morgan fingerprint density at radius 1 is 1.53 bits per heavy atom. The molecule has 1 aromatic rings. The highest BCUT2D eigenvalue weighted by molar-refractivity contribution is 5.66. The van der Waals surface area contributed by atoms with Crippen LogP contribution in [0.4, 0.5) is 4.79 Å². The summed E-state index contributed by atoms with van der Waals surface area (Å²) in [4.78, 5) is 11.4. The molecule has 0 radical (unpaired) electrons. The van der Waals surface area contributed by atoms with Gasteiger partial charge < -0.3 is 4.74 Å². The zero-order valence-corrected chi connectivity index (χ0v) is 11.8. The molecule has 0 unspecified atom stereocenters.